The third kappa shape index (κ3) is 7.88. The maximum atomic E-state index is 13.0. The number of nitrogens with zero attached hydrogens (tertiary/aromatic N) is 3. The van der Waals surface area contributed by atoms with E-state index >= 15 is 0 Å². The van der Waals surface area contributed by atoms with Crippen molar-refractivity contribution in [2.24, 2.45) is 0 Å². The SMILES string of the molecule is CC(C)(C)OC(=O)N1CCC(NC(=O)c2cnc3ccc(OC4CCN(c5ccc(C(F)(F)F)cc5)CC4)cc3c2)CC1. The fraction of sp³-hybridized carbons (Fsp3) is 0.469. The molecule has 3 aromatic rings. The average Bonchev–Trinajstić information content (AvgIpc) is 2.96. The molecule has 0 atom stereocenters. The van der Waals surface area contributed by atoms with Crippen LogP contribution in [0.25, 0.3) is 10.9 Å². The van der Waals surface area contributed by atoms with Crippen molar-refractivity contribution in [3.63, 3.8) is 0 Å². The van der Waals surface area contributed by atoms with Crippen molar-refractivity contribution in [3.8, 4) is 5.75 Å². The molecule has 2 amide bonds. The van der Waals surface area contributed by atoms with Gasteiger partial charge in [-0.2, -0.15) is 13.2 Å². The average molecular weight is 599 g/mol. The van der Waals surface area contributed by atoms with E-state index in [0.29, 0.717) is 50.3 Å². The van der Waals surface area contributed by atoms with Gasteiger partial charge in [0.15, 0.2) is 0 Å². The van der Waals surface area contributed by atoms with Crippen LogP contribution in [0.5, 0.6) is 5.75 Å². The first kappa shape index (κ1) is 30.4. The minimum absolute atomic E-state index is 0.0332. The predicted molar refractivity (Wildman–Crippen MR) is 157 cm³/mol. The maximum Gasteiger partial charge on any atom is 0.416 e. The van der Waals surface area contributed by atoms with E-state index in [2.05, 4.69) is 15.2 Å². The first-order chi connectivity index (χ1) is 20.3. The smallest absolute Gasteiger partial charge is 0.416 e. The summed E-state index contributed by atoms with van der Waals surface area (Å²) in [6.45, 7) is 7.88. The predicted octanol–water partition coefficient (Wildman–Crippen LogP) is 6.43. The standard InChI is InChI=1S/C32H37F3N4O4/c1-31(2,3)43-30(41)39-14-10-24(11-15-39)37-29(40)22-18-21-19-27(8-9-28(21)36-20-22)42-26-12-16-38(17-13-26)25-6-4-23(5-7-25)32(33,34)35/h4-9,18-20,24,26H,10-17H2,1-3H3,(H,37,40). The van der Waals surface area contributed by atoms with Gasteiger partial charge in [0.25, 0.3) is 5.91 Å². The number of aromatic nitrogens is 1. The van der Waals surface area contributed by atoms with Crippen LogP contribution in [0, 0.1) is 0 Å². The zero-order chi connectivity index (χ0) is 30.8. The van der Waals surface area contributed by atoms with Gasteiger partial charge in [-0.15, -0.1) is 0 Å². The van der Waals surface area contributed by atoms with Crippen molar-refractivity contribution in [2.45, 2.75) is 70.4 Å². The maximum absolute atomic E-state index is 13.0. The minimum Gasteiger partial charge on any atom is -0.490 e. The highest BCUT2D eigenvalue weighted by Crippen LogP contribution is 2.32. The molecule has 2 aliphatic heterocycles. The van der Waals surface area contributed by atoms with Gasteiger partial charge in [-0.3, -0.25) is 9.78 Å². The number of hydrogen-bond acceptors (Lipinski definition) is 6. The summed E-state index contributed by atoms with van der Waals surface area (Å²) in [7, 11) is 0. The number of carbonyl (C=O) groups excluding carboxylic acids is 2. The minimum atomic E-state index is -4.35. The number of carbonyl (C=O) groups is 2. The van der Waals surface area contributed by atoms with Crippen LogP contribution in [-0.2, 0) is 10.9 Å². The molecule has 0 radical (unpaired) electrons. The number of alkyl halides is 3. The molecule has 0 saturated carbocycles. The number of benzene rings is 2. The number of fused-ring (bicyclic) bond motifs is 1. The van der Waals surface area contributed by atoms with Crippen molar-refractivity contribution < 1.29 is 32.2 Å². The van der Waals surface area contributed by atoms with Gasteiger partial charge in [0.2, 0.25) is 0 Å². The van der Waals surface area contributed by atoms with Crippen molar-refractivity contribution in [3.05, 3.63) is 65.9 Å². The molecule has 0 unspecified atom stereocenters. The molecule has 2 aliphatic rings. The zero-order valence-electron chi connectivity index (χ0n) is 24.6. The highest BCUT2D eigenvalue weighted by atomic mass is 19.4. The Kier molecular flexibility index (Phi) is 8.71. The van der Waals surface area contributed by atoms with Crippen molar-refractivity contribution in [2.75, 3.05) is 31.1 Å². The van der Waals surface area contributed by atoms with E-state index in [1.165, 1.54) is 12.1 Å². The summed E-state index contributed by atoms with van der Waals surface area (Å²) in [4.78, 5) is 33.5. The second-order valence-electron chi connectivity index (χ2n) is 12.1. The molecule has 0 aliphatic carbocycles. The molecule has 43 heavy (non-hydrogen) atoms. The second kappa shape index (κ2) is 12.3. The van der Waals surface area contributed by atoms with Crippen molar-refractivity contribution in [1.29, 1.82) is 0 Å². The van der Waals surface area contributed by atoms with Crippen LogP contribution in [0.2, 0.25) is 0 Å². The summed E-state index contributed by atoms with van der Waals surface area (Å²) in [6.07, 6.45) is -0.414. The van der Waals surface area contributed by atoms with Crippen LogP contribution in [0.3, 0.4) is 0 Å². The molecule has 2 saturated heterocycles. The van der Waals surface area contributed by atoms with Gasteiger partial charge in [0.1, 0.15) is 17.5 Å². The Labute approximate surface area is 249 Å². The zero-order valence-corrected chi connectivity index (χ0v) is 24.6. The Hall–Kier alpha value is -4.02. The number of likely N-dealkylation sites (tertiary alicyclic amines) is 1. The number of nitrogens with one attached hydrogen (secondary N) is 1. The van der Waals surface area contributed by atoms with E-state index in [4.69, 9.17) is 9.47 Å². The third-order valence-electron chi connectivity index (χ3n) is 7.70. The molecule has 3 heterocycles. The van der Waals surface area contributed by atoms with Gasteiger partial charge in [0, 0.05) is 62.3 Å². The van der Waals surface area contributed by atoms with Crippen molar-refractivity contribution >= 4 is 28.6 Å². The quantitative estimate of drug-likeness (QED) is 0.365. The summed E-state index contributed by atoms with van der Waals surface area (Å²) < 4.78 is 50.3. The fourth-order valence-electron chi connectivity index (χ4n) is 5.39. The molecule has 0 bridgehead atoms. The Morgan fingerprint density at radius 2 is 1.58 bits per heavy atom. The fourth-order valence-corrected chi connectivity index (χ4v) is 5.39. The molecule has 230 valence electrons. The molecular formula is C32H37F3N4O4. The number of ether oxygens (including phenoxy) is 2. The van der Waals surface area contributed by atoms with Crippen molar-refractivity contribution in [1.82, 2.24) is 15.2 Å². The first-order valence-corrected chi connectivity index (χ1v) is 14.6. The molecular weight excluding hydrogens is 561 g/mol. The number of halogens is 3. The normalized spacial score (nSPS) is 17.2. The van der Waals surface area contributed by atoms with Crippen LogP contribution in [0.1, 0.15) is 62.4 Å². The molecule has 2 aromatic carbocycles. The number of piperidine rings is 2. The van der Waals surface area contributed by atoms with Gasteiger partial charge in [0.05, 0.1) is 16.6 Å². The number of hydrogen-bond donors (Lipinski definition) is 1. The Morgan fingerprint density at radius 1 is 0.907 bits per heavy atom. The molecule has 8 nitrogen and oxygen atoms in total. The Bertz CT molecular complexity index is 1440. The lowest BCUT2D eigenvalue weighted by atomic mass is 10.0. The highest BCUT2D eigenvalue weighted by Gasteiger charge is 2.31. The van der Waals surface area contributed by atoms with E-state index in [9.17, 15) is 22.8 Å². The van der Waals surface area contributed by atoms with Crippen LogP contribution < -0.4 is 15.0 Å². The number of rotatable bonds is 5. The van der Waals surface area contributed by atoms with Gasteiger partial charge in [-0.05, 0) is 82.1 Å². The van der Waals surface area contributed by atoms with E-state index in [-0.39, 0.29) is 24.1 Å². The van der Waals surface area contributed by atoms with E-state index in [0.717, 1.165) is 41.6 Å². The van der Waals surface area contributed by atoms with E-state index in [1.54, 1.807) is 17.2 Å². The summed E-state index contributed by atoms with van der Waals surface area (Å²) in [5, 5.41) is 3.85. The number of anilines is 1. The van der Waals surface area contributed by atoms with E-state index < -0.39 is 17.3 Å². The Balaban J connectivity index is 1.14. The van der Waals surface area contributed by atoms with Crippen LogP contribution in [0.15, 0.2) is 54.7 Å². The molecule has 2 fully saturated rings. The number of pyridine rings is 1. The largest absolute Gasteiger partial charge is 0.490 e. The summed E-state index contributed by atoms with van der Waals surface area (Å²) in [6, 6.07) is 12.6. The van der Waals surface area contributed by atoms with Gasteiger partial charge in [-0.1, -0.05) is 0 Å². The lowest BCUT2D eigenvalue weighted by Gasteiger charge is -2.34. The first-order valence-electron chi connectivity index (χ1n) is 14.6. The van der Waals surface area contributed by atoms with Crippen LogP contribution >= 0.6 is 0 Å². The molecule has 1 aromatic heterocycles. The van der Waals surface area contributed by atoms with Gasteiger partial charge in [-0.25, -0.2) is 4.79 Å². The monoisotopic (exact) mass is 598 g/mol. The number of amides is 2. The van der Waals surface area contributed by atoms with Gasteiger partial charge < -0.3 is 24.6 Å². The van der Waals surface area contributed by atoms with E-state index in [1.807, 2.05) is 39.0 Å². The molecule has 5 rings (SSSR count). The third-order valence-corrected chi connectivity index (χ3v) is 7.70. The molecule has 0 spiro atoms. The second-order valence-corrected chi connectivity index (χ2v) is 12.1. The molecule has 1 N–H and O–H groups in total. The topological polar surface area (TPSA) is 84.0 Å². The summed E-state index contributed by atoms with van der Waals surface area (Å²) in [5.74, 6) is 0.460. The summed E-state index contributed by atoms with van der Waals surface area (Å²) in [5.41, 5.74) is 0.756. The molecule has 11 heteroatoms. The van der Waals surface area contributed by atoms with Crippen LogP contribution in [-0.4, -0.2) is 65.8 Å². The van der Waals surface area contributed by atoms with Gasteiger partial charge >= 0.3 is 12.3 Å². The van der Waals surface area contributed by atoms with Crippen LogP contribution in [0.4, 0.5) is 23.7 Å². The Morgan fingerprint density at radius 3 is 2.21 bits per heavy atom. The lowest BCUT2D eigenvalue weighted by Crippen LogP contribution is -2.47. The summed E-state index contributed by atoms with van der Waals surface area (Å²) >= 11 is 0. The lowest BCUT2D eigenvalue weighted by molar-refractivity contribution is -0.137. The highest BCUT2D eigenvalue weighted by molar-refractivity contribution is 5.97.